The number of carbonyl (C=O) groups excluding carboxylic acids is 1. The Morgan fingerprint density at radius 1 is 1.32 bits per heavy atom. The smallest absolute Gasteiger partial charge is 0.324 e. The number of fused-ring (bicyclic) bond motifs is 1. The molecular formula is C20H19N3O6S2. The number of carboxylic acid groups (broad SMARTS) is 1. The molecule has 3 aromatic rings. The standard InChI is InChI=1S/C20H19N3O6S2/c1-12-16-19(26)23(11-15(24)25)31(27)22(9-7-13-5-3-4-6-14(13)28-2)20(16)30-17(12)18-21-8-10-29-18/h3-6,8,10H,7,9,11H2,1-2H3,(H,24,25). The molecule has 0 aliphatic carbocycles. The van der Waals surface area contributed by atoms with Crippen molar-refractivity contribution in [2.45, 2.75) is 13.3 Å². The number of aromatic nitrogens is 1. The first-order chi connectivity index (χ1) is 14.9. The molecule has 1 unspecified atom stereocenters. The molecule has 0 radical (unpaired) electrons. The summed E-state index contributed by atoms with van der Waals surface area (Å²) in [4.78, 5) is 29.2. The molecule has 0 fully saturated rings. The number of hydrogen-bond donors (Lipinski definition) is 1. The molecule has 1 amide bonds. The summed E-state index contributed by atoms with van der Waals surface area (Å²) in [6.45, 7) is 1.37. The predicted octanol–water partition coefficient (Wildman–Crippen LogP) is 2.89. The van der Waals surface area contributed by atoms with Crippen molar-refractivity contribution in [1.82, 2.24) is 9.29 Å². The van der Waals surface area contributed by atoms with E-state index in [9.17, 15) is 18.9 Å². The Balaban J connectivity index is 1.76. The molecule has 4 rings (SSSR count). The van der Waals surface area contributed by atoms with Crippen molar-refractivity contribution in [3.63, 3.8) is 0 Å². The lowest BCUT2D eigenvalue weighted by atomic mass is 10.1. The highest BCUT2D eigenvalue weighted by atomic mass is 32.2. The van der Waals surface area contributed by atoms with Crippen LogP contribution in [0, 0.1) is 6.92 Å². The van der Waals surface area contributed by atoms with Crippen molar-refractivity contribution >= 4 is 39.4 Å². The van der Waals surface area contributed by atoms with E-state index in [4.69, 9.17) is 9.15 Å². The number of anilines is 1. The fraction of sp³-hybridized carbons (Fsp3) is 0.250. The van der Waals surface area contributed by atoms with Gasteiger partial charge in [0.1, 0.15) is 23.6 Å². The maximum absolute atomic E-state index is 13.2. The fourth-order valence-electron chi connectivity index (χ4n) is 3.41. The topological polar surface area (TPSA) is 113 Å². The number of ether oxygens (including phenoxy) is 1. The van der Waals surface area contributed by atoms with Crippen LogP contribution in [0.1, 0.15) is 21.5 Å². The van der Waals surface area contributed by atoms with Crippen molar-refractivity contribution in [3.05, 3.63) is 53.4 Å². The van der Waals surface area contributed by atoms with Gasteiger partial charge in [-0.05, 0) is 30.5 Å². The number of thiophene rings is 1. The van der Waals surface area contributed by atoms with E-state index in [0.717, 1.165) is 9.87 Å². The number of amides is 1. The summed E-state index contributed by atoms with van der Waals surface area (Å²) in [5.41, 5.74) is 1.84. The van der Waals surface area contributed by atoms with Crippen LogP contribution in [0.15, 0.2) is 41.1 Å². The minimum atomic E-state index is -2.00. The number of carboxylic acids is 1. The van der Waals surface area contributed by atoms with Crippen LogP contribution in [0.4, 0.5) is 5.00 Å². The molecule has 31 heavy (non-hydrogen) atoms. The molecule has 3 heterocycles. The molecular weight excluding hydrogens is 442 g/mol. The van der Waals surface area contributed by atoms with Crippen molar-refractivity contribution < 1.29 is 28.1 Å². The lowest BCUT2D eigenvalue weighted by molar-refractivity contribution is -0.136. The fourth-order valence-corrected chi connectivity index (χ4v) is 6.06. The summed E-state index contributed by atoms with van der Waals surface area (Å²) >= 11 is -0.745. The molecule has 0 spiro atoms. The summed E-state index contributed by atoms with van der Waals surface area (Å²) in [6, 6.07) is 7.49. The second kappa shape index (κ2) is 8.52. The van der Waals surface area contributed by atoms with Gasteiger partial charge < -0.3 is 14.3 Å². The number of benzene rings is 1. The second-order valence-corrected chi connectivity index (χ2v) is 9.05. The Hall–Kier alpha value is -3.18. The first-order valence-corrected chi connectivity index (χ1v) is 11.2. The van der Waals surface area contributed by atoms with Crippen molar-refractivity contribution in [1.29, 1.82) is 0 Å². The van der Waals surface area contributed by atoms with Crippen molar-refractivity contribution in [2.24, 2.45) is 0 Å². The first-order valence-electron chi connectivity index (χ1n) is 9.30. The van der Waals surface area contributed by atoms with Gasteiger partial charge in [0.05, 0.1) is 23.7 Å². The quantitative estimate of drug-likeness (QED) is 0.576. The van der Waals surface area contributed by atoms with Gasteiger partial charge in [0.2, 0.25) is 17.1 Å². The second-order valence-electron chi connectivity index (χ2n) is 6.70. The van der Waals surface area contributed by atoms with Gasteiger partial charge in [-0.25, -0.2) is 13.5 Å². The summed E-state index contributed by atoms with van der Waals surface area (Å²) in [7, 11) is 1.58. The van der Waals surface area contributed by atoms with E-state index in [1.54, 1.807) is 18.3 Å². The number of nitrogens with zero attached hydrogens (tertiary/aromatic N) is 3. The highest BCUT2D eigenvalue weighted by molar-refractivity contribution is 7.85. The molecule has 0 saturated carbocycles. The van der Waals surface area contributed by atoms with Crippen LogP contribution >= 0.6 is 11.3 Å². The normalized spacial score (nSPS) is 15.8. The molecule has 1 atom stereocenters. The molecule has 9 nitrogen and oxygen atoms in total. The SMILES string of the molecule is COc1ccccc1CCN1c2sc(-c3ncco3)c(C)c2C(=O)N(CC(=O)O)S1=O. The maximum atomic E-state index is 13.2. The zero-order valence-corrected chi connectivity index (χ0v) is 18.4. The van der Waals surface area contributed by atoms with Crippen LogP contribution in [0.3, 0.4) is 0 Å². The number of carbonyl (C=O) groups is 2. The molecule has 0 saturated heterocycles. The van der Waals surface area contributed by atoms with Crippen LogP contribution in [-0.2, 0) is 22.4 Å². The zero-order chi connectivity index (χ0) is 22.1. The van der Waals surface area contributed by atoms with E-state index in [-0.39, 0.29) is 6.54 Å². The van der Waals surface area contributed by atoms with Crippen molar-refractivity contribution in [3.8, 4) is 16.5 Å². The summed E-state index contributed by atoms with van der Waals surface area (Å²) in [5.74, 6) is -0.775. The molecule has 1 aliphatic rings. The average molecular weight is 462 g/mol. The largest absolute Gasteiger partial charge is 0.496 e. The number of oxazole rings is 1. The van der Waals surface area contributed by atoms with Crippen LogP contribution in [0.25, 0.3) is 10.8 Å². The molecule has 2 aromatic heterocycles. The van der Waals surface area contributed by atoms with E-state index in [2.05, 4.69) is 4.98 Å². The Bertz CT molecular complexity index is 1160. The third-order valence-corrected chi connectivity index (χ3v) is 7.69. The van der Waals surface area contributed by atoms with Gasteiger partial charge in [0.25, 0.3) is 5.91 Å². The van der Waals surface area contributed by atoms with Gasteiger partial charge in [-0.2, -0.15) is 0 Å². The van der Waals surface area contributed by atoms with E-state index in [1.807, 2.05) is 24.3 Å². The lowest BCUT2D eigenvalue weighted by Crippen LogP contribution is -2.49. The summed E-state index contributed by atoms with van der Waals surface area (Å²) in [6.07, 6.45) is 3.42. The van der Waals surface area contributed by atoms with E-state index in [1.165, 1.54) is 23.8 Å². The first kappa shape index (κ1) is 21.1. The molecule has 0 bridgehead atoms. The van der Waals surface area contributed by atoms with Gasteiger partial charge in [0, 0.05) is 6.54 Å². The van der Waals surface area contributed by atoms with Crippen LogP contribution in [-0.4, -0.2) is 50.7 Å². The Morgan fingerprint density at radius 3 is 2.77 bits per heavy atom. The van der Waals surface area contributed by atoms with Crippen LogP contribution in [0.5, 0.6) is 5.75 Å². The third kappa shape index (κ3) is 3.81. The Morgan fingerprint density at radius 2 is 2.10 bits per heavy atom. The highest BCUT2D eigenvalue weighted by Gasteiger charge is 2.41. The van der Waals surface area contributed by atoms with Crippen molar-refractivity contribution in [2.75, 3.05) is 24.5 Å². The van der Waals surface area contributed by atoms with E-state index >= 15 is 0 Å². The third-order valence-electron chi connectivity index (χ3n) is 4.85. The highest BCUT2D eigenvalue weighted by Crippen LogP contribution is 2.45. The Labute approximate surface area is 184 Å². The van der Waals surface area contributed by atoms with Gasteiger partial charge in [-0.1, -0.05) is 18.2 Å². The minimum absolute atomic E-state index is 0.286. The molecule has 1 aromatic carbocycles. The molecule has 11 heteroatoms. The number of aliphatic carboxylic acids is 1. The monoisotopic (exact) mass is 461 g/mol. The number of hydrogen-bond acceptors (Lipinski definition) is 7. The molecule has 1 aliphatic heterocycles. The Kier molecular flexibility index (Phi) is 5.79. The van der Waals surface area contributed by atoms with Gasteiger partial charge in [-0.15, -0.1) is 11.3 Å². The molecule has 162 valence electrons. The minimum Gasteiger partial charge on any atom is -0.496 e. The molecule has 1 N–H and O–H groups in total. The van der Waals surface area contributed by atoms with Gasteiger partial charge in [-0.3, -0.25) is 13.9 Å². The zero-order valence-electron chi connectivity index (χ0n) is 16.7. The van der Waals surface area contributed by atoms with E-state index < -0.39 is 29.6 Å². The number of methoxy groups -OCH3 is 1. The predicted molar refractivity (Wildman–Crippen MR) is 115 cm³/mol. The van der Waals surface area contributed by atoms with Gasteiger partial charge >= 0.3 is 5.97 Å². The summed E-state index contributed by atoms with van der Waals surface area (Å²) < 4.78 is 26.4. The average Bonchev–Trinajstić information content (AvgIpc) is 3.39. The lowest BCUT2D eigenvalue weighted by Gasteiger charge is -2.33. The van der Waals surface area contributed by atoms with Gasteiger partial charge in [0.15, 0.2) is 0 Å². The number of rotatable bonds is 7. The number of para-hydroxylation sites is 1. The van der Waals surface area contributed by atoms with E-state index in [0.29, 0.717) is 39.1 Å². The maximum Gasteiger partial charge on any atom is 0.324 e. The van der Waals surface area contributed by atoms with Crippen LogP contribution < -0.4 is 9.04 Å². The summed E-state index contributed by atoms with van der Waals surface area (Å²) in [5, 5.41) is 9.76. The van der Waals surface area contributed by atoms with Crippen LogP contribution in [0.2, 0.25) is 0 Å².